The van der Waals surface area contributed by atoms with Crippen LogP contribution < -0.4 is 14.8 Å². The van der Waals surface area contributed by atoms with Crippen molar-refractivity contribution in [3.05, 3.63) is 22.2 Å². The lowest BCUT2D eigenvalue weighted by Gasteiger charge is -2.37. The Morgan fingerprint density at radius 2 is 1.83 bits per heavy atom. The molecule has 0 bridgehead atoms. The summed E-state index contributed by atoms with van der Waals surface area (Å²) in [6.45, 7) is 2.83. The summed E-state index contributed by atoms with van der Waals surface area (Å²) in [5.41, 5.74) is 0.599. The zero-order valence-corrected chi connectivity index (χ0v) is 14.4. The van der Waals surface area contributed by atoms with E-state index in [4.69, 9.17) is 14.2 Å². The Labute approximate surface area is 143 Å². The molecule has 2 N–H and O–H groups in total. The SMILES string of the molecule is O=C(O)CC1(NCc2cc3c(cc2Br)OCCO3)CCOCC1. The molecule has 2 heterocycles. The fraction of sp³-hybridized carbons (Fsp3) is 0.562. The van der Waals surface area contributed by atoms with Gasteiger partial charge >= 0.3 is 5.97 Å². The van der Waals surface area contributed by atoms with Crippen molar-refractivity contribution in [1.82, 2.24) is 5.32 Å². The molecule has 0 spiro atoms. The zero-order valence-electron chi connectivity index (χ0n) is 12.8. The first-order valence-electron chi connectivity index (χ1n) is 7.71. The standard InChI is InChI=1S/C16H20BrNO5/c17-12-8-14-13(22-5-6-23-14)7-11(12)10-18-16(9-15(19)20)1-3-21-4-2-16/h7-8,18H,1-6,9-10H2,(H,19,20). The Morgan fingerprint density at radius 1 is 1.17 bits per heavy atom. The maximum atomic E-state index is 11.2. The number of ether oxygens (including phenoxy) is 3. The van der Waals surface area contributed by atoms with Gasteiger partial charge in [0.05, 0.1) is 6.42 Å². The predicted octanol–water partition coefficient (Wildman–Crippen LogP) is 2.33. The third kappa shape index (κ3) is 3.97. The van der Waals surface area contributed by atoms with Gasteiger partial charge in [0.1, 0.15) is 13.2 Å². The molecule has 3 rings (SSSR count). The first kappa shape index (κ1) is 16.5. The summed E-state index contributed by atoms with van der Waals surface area (Å²) >= 11 is 3.55. The number of hydrogen-bond donors (Lipinski definition) is 2. The average Bonchev–Trinajstić information content (AvgIpc) is 2.53. The van der Waals surface area contributed by atoms with Crippen LogP contribution in [0.25, 0.3) is 0 Å². The summed E-state index contributed by atoms with van der Waals surface area (Å²) in [4.78, 5) is 11.2. The molecule has 126 valence electrons. The van der Waals surface area contributed by atoms with Crippen molar-refractivity contribution >= 4 is 21.9 Å². The molecule has 2 aliphatic rings. The molecule has 0 atom stereocenters. The molecule has 23 heavy (non-hydrogen) atoms. The Hall–Kier alpha value is -1.31. The summed E-state index contributed by atoms with van der Waals surface area (Å²) in [7, 11) is 0. The van der Waals surface area contributed by atoms with Crippen LogP contribution in [0.1, 0.15) is 24.8 Å². The highest BCUT2D eigenvalue weighted by atomic mass is 79.9. The van der Waals surface area contributed by atoms with E-state index in [2.05, 4.69) is 21.2 Å². The molecule has 1 aromatic carbocycles. The van der Waals surface area contributed by atoms with Crippen LogP contribution >= 0.6 is 15.9 Å². The van der Waals surface area contributed by atoms with E-state index < -0.39 is 11.5 Å². The molecule has 1 saturated heterocycles. The number of hydrogen-bond acceptors (Lipinski definition) is 5. The van der Waals surface area contributed by atoms with Crippen molar-refractivity contribution in [3.63, 3.8) is 0 Å². The second-order valence-electron chi connectivity index (χ2n) is 5.90. The summed E-state index contributed by atoms with van der Waals surface area (Å²) in [5, 5.41) is 12.7. The van der Waals surface area contributed by atoms with Crippen LogP contribution in [-0.2, 0) is 16.1 Å². The second-order valence-corrected chi connectivity index (χ2v) is 6.76. The zero-order chi connectivity index (χ0) is 16.3. The molecular formula is C16H20BrNO5. The van der Waals surface area contributed by atoms with E-state index in [0.717, 1.165) is 21.5 Å². The number of halogens is 1. The predicted molar refractivity (Wildman–Crippen MR) is 87.0 cm³/mol. The fourth-order valence-corrected chi connectivity index (χ4v) is 3.45. The van der Waals surface area contributed by atoms with Gasteiger partial charge in [-0.1, -0.05) is 15.9 Å². The van der Waals surface area contributed by atoms with Crippen LogP contribution in [-0.4, -0.2) is 43.0 Å². The lowest BCUT2D eigenvalue weighted by Crippen LogP contribution is -2.50. The minimum Gasteiger partial charge on any atom is -0.486 e. The minimum absolute atomic E-state index is 0.0958. The van der Waals surface area contributed by atoms with E-state index >= 15 is 0 Å². The normalized spacial score (nSPS) is 19.3. The van der Waals surface area contributed by atoms with Gasteiger partial charge in [-0.3, -0.25) is 4.79 Å². The average molecular weight is 386 g/mol. The monoisotopic (exact) mass is 385 g/mol. The van der Waals surface area contributed by atoms with Gasteiger partial charge in [0.2, 0.25) is 0 Å². The second kappa shape index (κ2) is 7.07. The van der Waals surface area contributed by atoms with E-state index in [0.29, 0.717) is 45.8 Å². The Bertz CT molecular complexity index is 586. The van der Waals surface area contributed by atoms with Gasteiger partial charge in [0.15, 0.2) is 11.5 Å². The molecule has 2 aliphatic heterocycles. The highest BCUT2D eigenvalue weighted by Gasteiger charge is 2.34. The number of carboxylic acids is 1. The van der Waals surface area contributed by atoms with E-state index in [-0.39, 0.29) is 6.42 Å². The van der Waals surface area contributed by atoms with Gasteiger partial charge in [0, 0.05) is 29.8 Å². The maximum Gasteiger partial charge on any atom is 0.305 e. The van der Waals surface area contributed by atoms with Crippen LogP contribution in [0.15, 0.2) is 16.6 Å². The third-order valence-electron chi connectivity index (χ3n) is 4.30. The molecule has 1 aromatic rings. The van der Waals surface area contributed by atoms with Crippen LogP contribution in [0, 0.1) is 0 Å². The number of carbonyl (C=O) groups is 1. The molecule has 0 radical (unpaired) electrons. The van der Waals surface area contributed by atoms with Crippen LogP contribution in [0.3, 0.4) is 0 Å². The minimum atomic E-state index is -0.791. The molecule has 6 nitrogen and oxygen atoms in total. The van der Waals surface area contributed by atoms with Crippen molar-refractivity contribution in [3.8, 4) is 11.5 Å². The molecule has 0 aliphatic carbocycles. The summed E-state index contributed by atoms with van der Waals surface area (Å²) in [5.74, 6) is 0.675. The van der Waals surface area contributed by atoms with E-state index in [9.17, 15) is 9.90 Å². The van der Waals surface area contributed by atoms with Gasteiger partial charge < -0.3 is 24.6 Å². The molecule has 1 fully saturated rings. The van der Waals surface area contributed by atoms with Gasteiger partial charge in [-0.15, -0.1) is 0 Å². The first-order chi connectivity index (χ1) is 11.1. The highest BCUT2D eigenvalue weighted by molar-refractivity contribution is 9.10. The molecule has 0 aromatic heterocycles. The van der Waals surface area contributed by atoms with Crippen molar-refractivity contribution in [1.29, 1.82) is 0 Å². The van der Waals surface area contributed by atoms with E-state index in [1.807, 2.05) is 12.1 Å². The third-order valence-corrected chi connectivity index (χ3v) is 5.04. The van der Waals surface area contributed by atoms with Crippen LogP contribution in [0.2, 0.25) is 0 Å². The Kier molecular flexibility index (Phi) is 5.08. The lowest BCUT2D eigenvalue weighted by molar-refractivity contribution is -0.139. The summed E-state index contributed by atoms with van der Waals surface area (Å²) in [6.07, 6.45) is 1.49. The summed E-state index contributed by atoms with van der Waals surface area (Å²) in [6, 6.07) is 3.85. The summed E-state index contributed by atoms with van der Waals surface area (Å²) < 4.78 is 17.5. The van der Waals surface area contributed by atoms with Crippen LogP contribution in [0.4, 0.5) is 0 Å². The van der Waals surface area contributed by atoms with Gasteiger partial charge in [0.25, 0.3) is 0 Å². The maximum absolute atomic E-state index is 11.2. The molecule has 0 unspecified atom stereocenters. The largest absolute Gasteiger partial charge is 0.486 e. The number of aliphatic carboxylic acids is 1. The topological polar surface area (TPSA) is 77.0 Å². The molecule has 0 saturated carbocycles. The quantitative estimate of drug-likeness (QED) is 0.809. The number of carboxylic acid groups (broad SMARTS) is 1. The fourth-order valence-electron chi connectivity index (χ4n) is 2.99. The number of fused-ring (bicyclic) bond motifs is 1. The molecule has 0 amide bonds. The molecule has 7 heteroatoms. The lowest BCUT2D eigenvalue weighted by atomic mass is 9.86. The van der Waals surface area contributed by atoms with Crippen molar-refractivity contribution in [2.75, 3.05) is 26.4 Å². The van der Waals surface area contributed by atoms with Gasteiger partial charge in [-0.25, -0.2) is 0 Å². The highest BCUT2D eigenvalue weighted by Crippen LogP contribution is 2.36. The van der Waals surface area contributed by atoms with E-state index in [1.165, 1.54) is 0 Å². The van der Waals surface area contributed by atoms with Crippen LogP contribution in [0.5, 0.6) is 11.5 Å². The number of rotatable bonds is 5. The van der Waals surface area contributed by atoms with Crippen molar-refractivity contribution in [2.24, 2.45) is 0 Å². The number of benzene rings is 1. The van der Waals surface area contributed by atoms with Crippen molar-refractivity contribution < 1.29 is 24.1 Å². The van der Waals surface area contributed by atoms with Gasteiger partial charge in [-0.05, 0) is 30.5 Å². The number of nitrogens with one attached hydrogen (secondary N) is 1. The van der Waals surface area contributed by atoms with Crippen molar-refractivity contribution in [2.45, 2.75) is 31.3 Å². The molecular weight excluding hydrogens is 366 g/mol. The Balaban J connectivity index is 1.74. The first-order valence-corrected chi connectivity index (χ1v) is 8.50. The van der Waals surface area contributed by atoms with Gasteiger partial charge in [-0.2, -0.15) is 0 Å². The smallest absolute Gasteiger partial charge is 0.305 e. The van der Waals surface area contributed by atoms with E-state index in [1.54, 1.807) is 0 Å². The Morgan fingerprint density at radius 3 is 2.48 bits per heavy atom.